The molecule has 0 rings (SSSR count). The Morgan fingerprint density at radius 2 is 1.24 bits per heavy atom. The lowest BCUT2D eigenvalue weighted by atomic mass is 10.1. The molecule has 0 amide bonds. The van der Waals surface area contributed by atoms with E-state index in [9.17, 15) is 39.9 Å². The molecule has 17 heavy (non-hydrogen) atoms. The van der Waals surface area contributed by atoms with Crippen LogP contribution >= 0.6 is 0 Å². The number of hydrogen-bond acceptors (Lipinski definition) is 2. The molecule has 0 bridgehead atoms. The van der Waals surface area contributed by atoms with E-state index in [4.69, 9.17) is 5.11 Å². The summed E-state index contributed by atoms with van der Waals surface area (Å²) in [4.78, 5) is 9.77. The summed E-state index contributed by atoms with van der Waals surface area (Å²) >= 11 is 0. The largest absolute Gasteiger partial charge is 0.506 e. The standard InChI is InChI=1S/C6H4F8O3/c7-2(8)5(11,12)1(17-4(15)16)6(13,14)3(9)10/h1-3H,(H,15,16). The molecule has 0 aliphatic heterocycles. The lowest BCUT2D eigenvalue weighted by Crippen LogP contribution is -2.56. The van der Waals surface area contributed by atoms with Crippen molar-refractivity contribution < 1.29 is 49.8 Å². The Kier molecular flexibility index (Phi) is 4.55. The van der Waals surface area contributed by atoms with Crippen LogP contribution in [0, 0.1) is 0 Å². The molecule has 0 fully saturated rings. The van der Waals surface area contributed by atoms with Gasteiger partial charge in [-0.3, -0.25) is 0 Å². The molecule has 0 unspecified atom stereocenters. The van der Waals surface area contributed by atoms with Gasteiger partial charge in [0.2, 0.25) is 6.10 Å². The van der Waals surface area contributed by atoms with Gasteiger partial charge in [-0.2, -0.15) is 17.6 Å². The van der Waals surface area contributed by atoms with Crippen LogP contribution in [0.25, 0.3) is 0 Å². The molecule has 0 atom stereocenters. The van der Waals surface area contributed by atoms with Gasteiger partial charge >= 0.3 is 30.9 Å². The van der Waals surface area contributed by atoms with Gasteiger partial charge < -0.3 is 9.84 Å². The van der Waals surface area contributed by atoms with E-state index < -0.39 is 37.0 Å². The maximum atomic E-state index is 12.5. The zero-order valence-corrected chi connectivity index (χ0v) is 7.52. The van der Waals surface area contributed by atoms with Crippen molar-refractivity contribution >= 4 is 6.16 Å². The molecule has 3 nitrogen and oxygen atoms in total. The second kappa shape index (κ2) is 4.92. The fourth-order valence-corrected chi connectivity index (χ4v) is 0.743. The van der Waals surface area contributed by atoms with Crippen LogP contribution in [0.4, 0.5) is 39.9 Å². The van der Waals surface area contributed by atoms with E-state index in [1.165, 1.54) is 0 Å². The van der Waals surface area contributed by atoms with Crippen molar-refractivity contribution in [2.75, 3.05) is 0 Å². The Morgan fingerprint density at radius 1 is 0.941 bits per heavy atom. The number of halogens is 8. The first-order valence-corrected chi connectivity index (χ1v) is 3.65. The topological polar surface area (TPSA) is 46.5 Å². The zero-order valence-electron chi connectivity index (χ0n) is 7.52. The summed E-state index contributed by atoms with van der Waals surface area (Å²) in [7, 11) is 0. The molecule has 0 aliphatic rings. The first kappa shape index (κ1) is 15.7. The van der Waals surface area contributed by atoms with E-state index in [1.807, 2.05) is 0 Å². The Hall–Kier alpha value is -1.29. The lowest BCUT2D eigenvalue weighted by molar-refractivity contribution is -0.285. The highest BCUT2D eigenvalue weighted by molar-refractivity contribution is 5.57. The summed E-state index contributed by atoms with van der Waals surface area (Å²) in [5, 5.41) is 7.80. The van der Waals surface area contributed by atoms with Crippen molar-refractivity contribution in [2.24, 2.45) is 0 Å². The molecule has 0 heterocycles. The maximum Gasteiger partial charge on any atom is 0.506 e. The monoisotopic (exact) mass is 276 g/mol. The number of alkyl halides is 8. The van der Waals surface area contributed by atoms with Gasteiger partial charge in [0.15, 0.2) is 0 Å². The summed E-state index contributed by atoms with van der Waals surface area (Å²) < 4.78 is 99.5. The molecule has 0 saturated carbocycles. The van der Waals surface area contributed by atoms with Crippen molar-refractivity contribution in [1.29, 1.82) is 0 Å². The van der Waals surface area contributed by atoms with Crippen LogP contribution < -0.4 is 0 Å². The van der Waals surface area contributed by atoms with Crippen molar-refractivity contribution in [3.05, 3.63) is 0 Å². The maximum absolute atomic E-state index is 12.5. The van der Waals surface area contributed by atoms with Gasteiger partial charge in [0, 0.05) is 0 Å². The minimum absolute atomic E-state index is 2.76. The van der Waals surface area contributed by atoms with E-state index in [0.717, 1.165) is 0 Å². The van der Waals surface area contributed by atoms with Crippen LogP contribution in [0.1, 0.15) is 0 Å². The molecular formula is C6H4F8O3. The molecule has 1 N–H and O–H groups in total. The number of rotatable bonds is 5. The fourth-order valence-electron chi connectivity index (χ4n) is 0.743. The number of carboxylic acid groups (broad SMARTS) is 1. The Balaban J connectivity index is 5.35. The van der Waals surface area contributed by atoms with Gasteiger partial charge in [-0.25, -0.2) is 22.4 Å². The quantitative estimate of drug-likeness (QED) is 0.620. The Morgan fingerprint density at radius 3 is 1.41 bits per heavy atom. The van der Waals surface area contributed by atoms with Crippen LogP contribution in [-0.2, 0) is 4.74 Å². The molecule has 0 aliphatic carbocycles. The minimum Gasteiger partial charge on any atom is -0.450 e. The fraction of sp³-hybridized carbons (Fsp3) is 0.833. The van der Waals surface area contributed by atoms with E-state index in [-0.39, 0.29) is 0 Å². The minimum atomic E-state index is -5.75. The highest BCUT2D eigenvalue weighted by Crippen LogP contribution is 2.40. The van der Waals surface area contributed by atoms with Gasteiger partial charge in [0.05, 0.1) is 0 Å². The van der Waals surface area contributed by atoms with Crippen LogP contribution in [-0.4, -0.2) is 42.1 Å². The van der Waals surface area contributed by atoms with E-state index in [1.54, 1.807) is 0 Å². The predicted octanol–water partition coefficient (Wildman–Crippen LogP) is 2.85. The highest BCUT2D eigenvalue weighted by atomic mass is 19.3. The Bertz CT molecular complexity index is 258. The van der Waals surface area contributed by atoms with Crippen molar-refractivity contribution in [3.63, 3.8) is 0 Å². The van der Waals surface area contributed by atoms with Crippen LogP contribution in [0.15, 0.2) is 0 Å². The number of hydrogen-bond donors (Lipinski definition) is 1. The number of carbonyl (C=O) groups is 1. The molecule has 0 aromatic heterocycles. The summed E-state index contributed by atoms with van der Waals surface area (Å²) in [5.74, 6) is -11.5. The van der Waals surface area contributed by atoms with E-state index in [2.05, 4.69) is 4.74 Å². The third-order valence-corrected chi connectivity index (χ3v) is 1.50. The van der Waals surface area contributed by atoms with Crippen molar-refractivity contribution in [2.45, 2.75) is 30.8 Å². The highest BCUT2D eigenvalue weighted by Gasteiger charge is 2.66. The molecule has 0 spiro atoms. The van der Waals surface area contributed by atoms with Gasteiger partial charge in [0.1, 0.15) is 0 Å². The summed E-state index contributed by atoms with van der Waals surface area (Å²) in [6, 6.07) is 0. The SMILES string of the molecule is O=C(O)OC(C(F)(F)C(F)F)C(F)(F)C(F)F. The average molecular weight is 276 g/mol. The number of ether oxygens (including phenoxy) is 1. The van der Waals surface area contributed by atoms with Crippen molar-refractivity contribution in [1.82, 2.24) is 0 Å². The van der Waals surface area contributed by atoms with Crippen LogP contribution in [0.2, 0.25) is 0 Å². The van der Waals surface area contributed by atoms with Crippen LogP contribution in [0.3, 0.4) is 0 Å². The lowest BCUT2D eigenvalue weighted by Gasteiger charge is -2.30. The van der Waals surface area contributed by atoms with Crippen LogP contribution in [0.5, 0.6) is 0 Å². The second-order valence-electron chi connectivity index (χ2n) is 2.71. The van der Waals surface area contributed by atoms with Gasteiger partial charge in [-0.05, 0) is 0 Å². The van der Waals surface area contributed by atoms with Gasteiger partial charge in [-0.1, -0.05) is 0 Å². The molecule has 0 saturated heterocycles. The molecule has 11 heteroatoms. The molecular weight excluding hydrogens is 272 g/mol. The summed E-state index contributed by atoms with van der Waals surface area (Å²) in [6.07, 6.45) is -16.9. The zero-order chi connectivity index (χ0) is 14.0. The summed E-state index contributed by atoms with van der Waals surface area (Å²) in [5.41, 5.74) is 0. The third kappa shape index (κ3) is 3.33. The van der Waals surface area contributed by atoms with Crippen molar-refractivity contribution in [3.8, 4) is 0 Å². The first-order chi connectivity index (χ1) is 7.44. The Labute approximate surface area is 88.0 Å². The molecule has 0 aromatic carbocycles. The normalized spacial score (nSPS) is 13.6. The van der Waals surface area contributed by atoms with Gasteiger partial charge in [0.25, 0.3) is 0 Å². The average Bonchev–Trinajstić information content (AvgIpc) is 2.12. The summed E-state index contributed by atoms with van der Waals surface area (Å²) in [6.45, 7) is 0. The van der Waals surface area contributed by atoms with E-state index in [0.29, 0.717) is 0 Å². The molecule has 0 aromatic rings. The van der Waals surface area contributed by atoms with E-state index >= 15 is 0 Å². The first-order valence-electron chi connectivity index (χ1n) is 3.65. The second-order valence-corrected chi connectivity index (χ2v) is 2.71. The smallest absolute Gasteiger partial charge is 0.450 e. The molecule has 0 radical (unpaired) electrons. The predicted molar refractivity (Wildman–Crippen MR) is 34.8 cm³/mol. The van der Waals surface area contributed by atoms with Gasteiger partial charge in [-0.15, -0.1) is 0 Å². The third-order valence-electron chi connectivity index (χ3n) is 1.50. The molecule has 102 valence electrons.